The molecule has 5 nitrogen and oxygen atoms in total. The van der Waals surface area contributed by atoms with Crippen LogP contribution in [0, 0.1) is 5.41 Å². The molecule has 0 aliphatic carbocycles. The van der Waals surface area contributed by atoms with Gasteiger partial charge in [-0.2, -0.15) is 0 Å². The van der Waals surface area contributed by atoms with E-state index < -0.39 is 5.91 Å². The number of primary amides is 1. The van der Waals surface area contributed by atoms with Crippen molar-refractivity contribution in [1.82, 2.24) is 5.32 Å². The summed E-state index contributed by atoms with van der Waals surface area (Å²) in [7, 11) is 1.57. The van der Waals surface area contributed by atoms with E-state index in [1.54, 1.807) is 7.11 Å². The van der Waals surface area contributed by atoms with E-state index in [4.69, 9.17) is 15.2 Å². The van der Waals surface area contributed by atoms with E-state index in [1.165, 1.54) is 0 Å². The van der Waals surface area contributed by atoms with Crippen LogP contribution in [-0.4, -0.2) is 25.2 Å². The molecule has 0 aromatic heterocycles. The lowest BCUT2D eigenvalue weighted by Gasteiger charge is -2.33. The molecule has 0 atom stereocenters. The second-order valence-corrected chi connectivity index (χ2v) is 8.69. The molecule has 1 rings (SSSR count). The van der Waals surface area contributed by atoms with Gasteiger partial charge in [0, 0.05) is 12.1 Å². The molecule has 1 amide bonds. The third-order valence-electron chi connectivity index (χ3n) is 3.39. The maximum absolute atomic E-state index is 10.9. The van der Waals surface area contributed by atoms with Gasteiger partial charge in [0.25, 0.3) is 5.91 Å². The molecule has 3 N–H and O–H groups in total. The molecule has 0 saturated heterocycles. The van der Waals surface area contributed by atoms with Crippen molar-refractivity contribution in [3.8, 4) is 11.5 Å². The Morgan fingerprint density at radius 3 is 2.38 bits per heavy atom. The van der Waals surface area contributed by atoms with Crippen molar-refractivity contribution in [2.75, 3.05) is 13.7 Å². The minimum atomic E-state index is -0.529. The number of hydrogen-bond donors (Lipinski definition) is 2. The van der Waals surface area contributed by atoms with Gasteiger partial charge in [-0.05, 0) is 59.3 Å². The van der Waals surface area contributed by atoms with Crippen LogP contribution in [-0.2, 0) is 11.3 Å². The van der Waals surface area contributed by atoms with Crippen molar-refractivity contribution in [2.24, 2.45) is 11.1 Å². The van der Waals surface area contributed by atoms with Crippen LogP contribution in [0.4, 0.5) is 0 Å². The first-order valence-electron chi connectivity index (χ1n) is 7.96. The number of halogens is 1. The zero-order valence-corrected chi connectivity index (χ0v) is 17.0. The number of nitrogens with one attached hydrogen (secondary N) is 1. The van der Waals surface area contributed by atoms with Crippen LogP contribution < -0.4 is 20.5 Å². The highest BCUT2D eigenvalue weighted by Gasteiger charge is 2.25. The quantitative estimate of drug-likeness (QED) is 0.698. The molecule has 0 aliphatic heterocycles. The molecule has 0 heterocycles. The maximum Gasteiger partial charge on any atom is 0.255 e. The Morgan fingerprint density at radius 2 is 1.88 bits per heavy atom. The van der Waals surface area contributed by atoms with E-state index >= 15 is 0 Å². The number of methoxy groups -OCH3 is 1. The minimum Gasteiger partial charge on any atom is -0.493 e. The van der Waals surface area contributed by atoms with Gasteiger partial charge in [0.1, 0.15) is 0 Å². The van der Waals surface area contributed by atoms with Crippen molar-refractivity contribution in [3.63, 3.8) is 0 Å². The van der Waals surface area contributed by atoms with Gasteiger partial charge < -0.3 is 20.5 Å². The first kappa shape index (κ1) is 20.8. The summed E-state index contributed by atoms with van der Waals surface area (Å²) in [6.07, 6.45) is 1.05. The average molecular weight is 401 g/mol. The van der Waals surface area contributed by atoms with E-state index in [-0.39, 0.29) is 17.6 Å². The second-order valence-electron chi connectivity index (χ2n) is 7.84. The summed E-state index contributed by atoms with van der Waals surface area (Å²) in [6, 6.07) is 3.86. The first-order valence-corrected chi connectivity index (χ1v) is 8.75. The second kappa shape index (κ2) is 8.21. The smallest absolute Gasteiger partial charge is 0.255 e. The highest BCUT2D eigenvalue weighted by molar-refractivity contribution is 9.10. The molecule has 0 saturated carbocycles. The van der Waals surface area contributed by atoms with Crippen molar-refractivity contribution >= 4 is 21.8 Å². The van der Waals surface area contributed by atoms with Gasteiger partial charge in [0.15, 0.2) is 18.1 Å². The third-order valence-corrected chi connectivity index (χ3v) is 3.98. The van der Waals surface area contributed by atoms with E-state index in [0.717, 1.165) is 16.5 Å². The van der Waals surface area contributed by atoms with Crippen LogP contribution in [0.5, 0.6) is 11.5 Å². The van der Waals surface area contributed by atoms with Gasteiger partial charge in [0.05, 0.1) is 11.6 Å². The van der Waals surface area contributed by atoms with Crippen LogP contribution >= 0.6 is 15.9 Å². The molecule has 0 fully saturated rings. The fourth-order valence-corrected chi connectivity index (χ4v) is 3.49. The number of amides is 1. The molecule has 0 unspecified atom stereocenters. The number of rotatable bonds is 8. The van der Waals surface area contributed by atoms with Crippen LogP contribution in [0.15, 0.2) is 16.6 Å². The summed E-state index contributed by atoms with van der Waals surface area (Å²) in [5.74, 6) is 0.517. The fourth-order valence-electron chi connectivity index (χ4n) is 2.89. The van der Waals surface area contributed by atoms with Gasteiger partial charge in [-0.1, -0.05) is 20.8 Å². The molecule has 0 bridgehead atoms. The zero-order valence-electron chi connectivity index (χ0n) is 15.5. The number of carbonyl (C=O) groups is 1. The van der Waals surface area contributed by atoms with E-state index in [1.807, 2.05) is 12.1 Å². The Morgan fingerprint density at radius 1 is 1.25 bits per heavy atom. The number of ether oxygens (including phenoxy) is 2. The molecule has 0 radical (unpaired) electrons. The molecule has 24 heavy (non-hydrogen) atoms. The molecule has 0 spiro atoms. The Hall–Kier alpha value is -1.27. The number of hydrogen-bond acceptors (Lipinski definition) is 4. The fraction of sp³-hybridized carbons (Fsp3) is 0.611. The molecule has 1 aromatic rings. The standard InChI is InChI=1S/C18H29BrN2O3/c1-17(2,3)11-18(4,5)21-9-12-7-13(19)16(14(8-12)23-6)24-10-15(20)22/h7-8,21H,9-11H2,1-6H3,(H2,20,22). The molecular weight excluding hydrogens is 372 g/mol. The lowest BCUT2D eigenvalue weighted by Crippen LogP contribution is -2.41. The Bertz CT molecular complexity index is 580. The summed E-state index contributed by atoms with van der Waals surface area (Å²) in [4.78, 5) is 10.9. The van der Waals surface area contributed by atoms with Crippen LogP contribution in [0.1, 0.15) is 46.6 Å². The van der Waals surface area contributed by atoms with Crippen molar-refractivity contribution in [2.45, 2.75) is 53.1 Å². The largest absolute Gasteiger partial charge is 0.493 e. The van der Waals surface area contributed by atoms with Crippen molar-refractivity contribution in [3.05, 3.63) is 22.2 Å². The van der Waals surface area contributed by atoms with Crippen LogP contribution in [0.2, 0.25) is 0 Å². The van der Waals surface area contributed by atoms with Gasteiger partial charge in [0.2, 0.25) is 0 Å². The van der Waals surface area contributed by atoms with E-state index in [0.29, 0.717) is 18.0 Å². The lowest BCUT2D eigenvalue weighted by molar-refractivity contribution is -0.119. The molecule has 6 heteroatoms. The summed E-state index contributed by atoms with van der Waals surface area (Å²) in [5.41, 5.74) is 6.45. The van der Waals surface area contributed by atoms with Gasteiger partial charge in [-0.25, -0.2) is 0 Å². The summed E-state index contributed by atoms with van der Waals surface area (Å²) in [5, 5.41) is 3.59. The van der Waals surface area contributed by atoms with Gasteiger partial charge >= 0.3 is 0 Å². The van der Waals surface area contributed by atoms with Crippen LogP contribution in [0.25, 0.3) is 0 Å². The molecule has 1 aromatic carbocycles. The van der Waals surface area contributed by atoms with Gasteiger partial charge in [-0.15, -0.1) is 0 Å². The van der Waals surface area contributed by atoms with E-state index in [9.17, 15) is 4.79 Å². The topological polar surface area (TPSA) is 73.6 Å². The lowest BCUT2D eigenvalue weighted by atomic mass is 9.82. The zero-order chi connectivity index (χ0) is 18.5. The summed E-state index contributed by atoms with van der Waals surface area (Å²) >= 11 is 3.47. The molecule has 0 aliphatic rings. The highest BCUT2D eigenvalue weighted by atomic mass is 79.9. The van der Waals surface area contributed by atoms with Crippen molar-refractivity contribution in [1.29, 1.82) is 0 Å². The predicted molar refractivity (Wildman–Crippen MR) is 100 cm³/mol. The first-order chi connectivity index (χ1) is 10.9. The normalized spacial score (nSPS) is 12.1. The number of carbonyl (C=O) groups excluding carboxylic acids is 1. The average Bonchev–Trinajstić information content (AvgIpc) is 2.40. The van der Waals surface area contributed by atoms with Gasteiger partial charge in [-0.3, -0.25) is 4.79 Å². The van der Waals surface area contributed by atoms with E-state index in [2.05, 4.69) is 55.9 Å². The van der Waals surface area contributed by atoms with Crippen molar-refractivity contribution < 1.29 is 14.3 Å². The molecule has 136 valence electrons. The highest BCUT2D eigenvalue weighted by Crippen LogP contribution is 2.37. The Balaban J connectivity index is 2.87. The SMILES string of the molecule is COc1cc(CNC(C)(C)CC(C)(C)C)cc(Br)c1OCC(N)=O. The Labute approximate surface area is 153 Å². The van der Waals surface area contributed by atoms with Crippen LogP contribution in [0.3, 0.4) is 0 Å². The Kier molecular flexibility index (Phi) is 7.10. The monoisotopic (exact) mass is 400 g/mol. The minimum absolute atomic E-state index is 0.0130. The summed E-state index contributed by atoms with van der Waals surface area (Å²) < 4.78 is 11.5. The number of benzene rings is 1. The predicted octanol–water partition coefficient (Wildman–Crippen LogP) is 3.63. The third kappa shape index (κ3) is 7.09. The maximum atomic E-state index is 10.9. The number of nitrogens with two attached hydrogens (primary N) is 1. The molecular formula is C18H29BrN2O3. The summed E-state index contributed by atoms with van der Waals surface area (Å²) in [6.45, 7) is 11.6.